The highest BCUT2D eigenvalue weighted by atomic mass is 35.5. The smallest absolute Gasteiger partial charge is 0.124 e. The average Bonchev–Trinajstić information content (AvgIpc) is 3.09. The summed E-state index contributed by atoms with van der Waals surface area (Å²) < 4.78 is 5.97. The Morgan fingerprint density at radius 3 is 2.40 bits per heavy atom. The second-order valence-corrected chi connectivity index (χ2v) is 7.26. The highest BCUT2D eigenvalue weighted by molar-refractivity contribution is 7.09. The van der Waals surface area contributed by atoms with Gasteiger partial charge in [0.15, 0.2) is 0 Å². The van der Waals surface area contributed by atoms with Crippen LogP contribution < -0.4 is 10.1 Å². The molecule has 3 aromatic rings. The van der Waals surface area contributed by atoms with Crippen LogP contribution in [0.1, 0.15) is 16.0 Å². The average molecular weight is 415 g/mol. The summed E-state index contributed by atoms with van der Waals surface area (Å²) in [7, 11) is 0. The Labute approximate surface area is 168 Å². The van der Waals surface area contributed by atoms with Gasteiger partial charge in [-0.1, -0.05) is 41.4 Å². The van der Waals surface area contributed by atoms with E-state index < -0.39 is 0 Å². The van der Waals surface area contributed by atoms with Gasteiger partial charge in [-0.05, 0) is 47.3 Å². The molecule has 25 heavy (non-hydrogen) atoms. The maximum atomic E-state index is 6.13. The first-order chi connectivity index (χ1) is 11.7. The molecule has 0 unspecified atom stereocenters. The number of hydrogen-bond acceptors (Lipinski definition) is 3. The minimum atomic E-state index is 0. The molecule has 0 aliphatic carbocycles. The molecule has 0 atom stereocenters. The lowest BCUT2D eigenvalue weighted by Gasteiger charge is -2.13. The molecule has 3 rings (SSSR count). The maximum Gasteiger partial charge on any atom is 0.124 e. The molecule has 0 spiro atoms. The molecule has 0 bridgehead atoms. The number of ether oxygens (including phenoxy) is 1. The monoisotopic (exact) mass is 413 g/mol. The highest BCUT2D eigenvalue weighted by Crippen LogP contribution is 2.24. The van der Waals surface area contributed by atoms with Gasteiger partial charge in [0.25, 0.3) is 0 Å². The molecular formula is C19H18Cl3NOS. The lowest BCUT2D eigenvalue weighted by atomic mass is 10.2. The van der Waals surface area contributed by atoms with Gasteiger partial charge >= 0.3 is 0 Å². The highest BCUT2D eigenvalue weighted by Gasteiger charge is 2.06. The Bertz CT molecular complexity index is 776. The summed E-state index contributed by atoms with van der Waals surface area (Å²) in [6.07, 6.45) is 0. The van der Waals surface area contributed by atoms with Crippen molar-refractivity contribution in [1.82, 2.24) is 5.32 Å². The van der Waals surface area contributed by atoms with Gasteiger partial charge < -0.3 is 10.1 Å². The van der Waals surface area contributed by atoms with Crippen molar-refractivity contribution in [3.8, 4) is 5.75 Å². The van der Waals surface area contributed by atoms with Gasteiger partial charge in [0.1, 0.15) is 12.4 Å². The quantitative estimate of drug-likeness (QED) is 0.486. The van der Waals surface area contributed by atoms with Crippen LogP contribution in [0.25, 0.3) is 0 Å². The lowest BCUT2D eigenvalue weighted by molar-refractivity contribution is 0.302. The second-order valence-electron chi connectivity index (χ2n) is 5.35. The van der Waals surface area contributed by atoms with E-state index in [1.165, 1.54) is 4.88 Å². The third kappa shape index (κ3) is 6.21. The van der Waals surface area contributed by atoms with Gasteiger partial charge in [0.2, 0.25) is 0 Å². The summed E-state index contributed by atoms with van der Waals surface area (Å²) in [5.74, 6) is 0.841. The molecular weight excluding hydrogens is 397 g/mol. The Morgan fingerprint density at radius 2 is 1.68 bits per heavy atom. The molecule has 0 saturated carbocycles. The fraction of sp³-hybridized carbons (Fsp3) is 0.158. The summed E-state index contributed by atoms with van der Waals surface area (Å²) >= 11 is 13.8. The first kappa shape index (κ1) is 20.1. The molecule has 0 aliphatic heterocycles. The molecule has 1 heterocycles. The zero-order chi connectivity index (χ0) is 16.8. The zero-order valence-corrected chi connectivity index (χ0v) is 16.5. The fourth-order valence-corrected chi connectivity index (χ4v) is 3.30. The number of nitrogens with one attached hydrogen (secondary N) is 1. The number of thiophene rings is 1. The summed E-state index contributed by atoms with van der Waals surface area (Å²) in [5, 5.41) is 6.95. The topological polar surface area (TPSA) is 21.3 Å². The Balaban J connectivity index is 0.00000225. The van der Waals surface area contributed by atoms with Crippen LogP contribution in [0.15, 0.2) is 60.0 Å². The number of hydrogen-bond donors (Lipinski definition) is 1. The summed E-state index contributed by atoms with van der Waals surface area (Å²) in [6, 6.07) is 17.6. The molecule has 2 aromatic carbocycles. The molecule has 0 amide bonds. The predicted octanol–water partition coefficient (Wildman–Crippen LogP) is 6.35. The van der Waals surface area contributed by atoms with Crippen molar-refractivity contribution in [2.75, 3.05) is 0 Å². The van der Waals surface area contributed by atoms with Crippen molar-refractivity contribution in [3.63, 3.8) is 0 Å². The van der Waals surface area contributed by atoms with E-state index in [0.717, 1.165) is 28.4 Å². The van der Waals surface area contributed by atoms with Crippen LogP contribution in [-0.4, -0.2) is 0 Å². The summed E-state index contributed by atoms with van der Waals surface area (Å²) in [5.41, 5.74) is 2.12. The lowest BCUT2D eigenvalue weighted by Crippen LogP contribution is -2.13. The van der Waals surface area contributed by atoms with Crippen molar-refractivity contribution in [2.45, 2.75) is 19.7 Å². The predicted molar refractivity (Wildman–Crippen MR) is 109 cm³/mol. The second kappa shape index (κ2) is 10.0. The van der Waals surface area contributed by atoms with Gasteiger partial charge in [-0.3, -0.25) is 0 Å². The standard InChI is InChI=1S/C19H17Cl2NOS.ClH/c20-16-5-3-14(4-6-16)13-23-19-8-7-17(21)10-15(19)11-22-12-18-2-1-9-24-18;/h1-10,22H,11-13H2;1H. The van der Waals surface area contributed by atoms with E-state index >= 15 is 0 Å². The van der Waals surface area contributed by atoms with Crippen LogP contribution in [0, 0.1) is 0 Å². The molecule has 1 N–H and O–H groups in total. The minimum absolute atomic E-state index is 0. The molecule has 1 aromatic heterocycles. The Morgan fingerprint density at radius 1 is 0.920 bits per heavy atom. The van der Waals surface area contributed by atoms with E-state index in [4.69, 9.17) is 27.9 Å². The van der Waals surface area contributed by atoms with Crippen LogP contribution in [-0.2, 0) is 19.7 Å². The molecule has 6 heteroatoms. The Kier molecular flexibility index (Phi) is 8.07. The van der Waals surface area contributed by atoms with Crippen LogP contribution in [0.3, 0.4) is 0 Å². The summed E-state index contributed by atoms with van der Waals surface area (Å²) in [6.45, 7) is 2.03. The van der Waals surface area contributed by atoms with Crippen molar-refractivity contribution in [2.24, 2.45) is 0 Å². The molecule has 0 radical (unpaired) electrons. The van der Waals surface area contributed by atoms with Gasteiger partial charge in [0.05, 0.1) is 0 Å². The van der Waals surface area contributed by atoms with E-state index in [9.17, 15) is 0 Å². The van der Waals surface area contributed by atoms with Crippen molar-refractivity contribution >= 4 is 46.9 Å². The van der Waals surface area contributed by atoms with Crippen LogP contribution in [0.5, 0.6) is 5.75 Å². The van der Waals surface area contributed by atoms with Crippen LogP contribution in [0.4, 0.5) is 0 Å². The van der Waals surface area contributed by atoms with E-state index in [2.05, 4.69) is 22.8 Å². The largest absolute Gasteiger partial charge is 0.489 e. The van der Waals surface area contributed by atoms with Gasteiger partial charge in [-0.25, -0.2) is 0 Å². The molecule has 132 valence electrons. The van der Waals surface area contributed by atoms with E-state index in [1.807, 2.05) is 42.5 Å². The zero-order valence-electron chi connectivity index (χ0n) is 13.4. The fourth-order valence-electron chi connectivity index (χ4n) is 2.30. The van der Waals surface area contributed by atoms with Gasteiger partial charge in [-0.2, -0.15) is 0 Å². The van der Waals surface area contributed by atoms with Crippen LogP contribution in [0.2, 0.25) is 10.0 Å². The molecule has 0 fully saturated rings. The summed E-state index contributed by atoms with van der Waals surface area (Å²) in [4.78, 5) is 1.31. The number of rotatable bonds is 7. The number of halogens is 3. The van der Waals surface area contributed by atoms with Crippen molar-refractivity contribution < 1.29 is 4.74 Å². The van der Waals surface area contributed by atoms with E-state index in [1.54, 1.807) is 11.3 Å². The number of benzene rings is 2. The van der Waals surface area contributed by atoms with E-state index in [-0.39, 0.29) is 12.4 Å². The Hall–Kier alpha value is -1.23. The molecule has 0 saturated heterocycles. The van der Waals surface area contributed by atoms with Crippen LogP contribution >= 0.6 is 46.9 Å². The molecule has 2 nitrogen and oxygen atoms in total. The minimum Gasteiger partial charge on any atom is -0.489 e. The third-order valence-corrected chi connectivity index (χ3v) is 4.89. The third-order valence-electron chi connectivity index (χ3n) is 3.52. The van der Waals surface area contributed by atoms with Crippen molar-refractivity contribution in [3.05, 3.63) is 86.0 Å². The maximum absolute atomic E-state index is 6.13. The normalized spacial score (nSPS) is 10.3. The first-order valence-electron chi connectivity index (χ1n) is 7.59. The SMILES string of the molecule is Cl.Clc1ccc(COc2ccc(Cl)cc2CNCc2cccs2)cc1. The van der Waals surface area contributed by atoms with Gasteiger partial charge in [-0.15, -0.1) is 23.7 Å². The first-order valence-corrected chi connectivity index (χ1v) is 9.23. The van der Waals surface area contributed by atoms with E-state index in [0.29, 0.717) is 18.2 Å². The molecule has 0 aliphatic rings. The van der Waals surface area contributed by atoms with Crippen molar-refractivity contribution in [1.29, 1.82) is 0 Å². The van der Waals surface area contributed by atoms with Gasteiger partial charge in [0, 0.05) is 33.6 Å².